The number of ether oxygens (including phenoxy) is 1. The van der Waals surface area contributed by atoms with Crippen molar-refractivity contribution in [3.05, 3.63) is 53.9 Å². The summed E-state index contributed by atoms with van der Waals surface area (Å²) in [5.74, 6) is 5.11. The Morgan fingerprint density at radius 2 is 2.10 bits per heavy atom. The first kappa shape index (κ1) is 14.0. The van der Waals surface area contributed by atoms with Gasteiger partial charge in [-0.25, -0.2) is 0 Å². The molecule has 0 fully saturated rings. The summed E-state index contributed by atoms with van der Waals surface area (Å²) in [5.41, 5.74) is 4.96. The van der Waals surface area contributed by atoms with E-state index in [1.807, 2.05) is 24.3 Å². The number of hydrazine groups is 1. The van der Waals surface area contributed by atoms with E-state index in [-0.39, 0.29) is 5.91 Å². The quantitative estimate of drug-likeness (QED) is 0.570. The van der Waals surface area contributed by atoms with Crippen LogP contribution in [0.5, 0.6) is 0 Å². The highest BCUT2D eigenvalue weighted by atomic mass is 16.5. The standard InChI is InChI=1S/C14H16N4O2/c1-20-9-10-4-2-3-5-12(10)17-14(19)11-6-7-16-8-13(11)18-15/h2-8,18H,9,15H2,1H3,(H,17,19). The minimum absolute atomic E-state index is 0.260. The molecular formula is C14H16N4O2. The SMILES string of the molecule is COCc1ccccc1NC(=O)c1ccncc1NN. The van der Waals surface area contributed by atoms with Crippen molar-refractivity contribution < 1.29 is 9.53 Å². The van der Waals surface area contributed by atoms with Gasteiger partial charge >= 0.3 is 0 Å². The Morgan fingerprint density at radius 1 is 1.30 bits per heavy atom. The van der Waals surface area contributed by atoms with Gasteiger partial charge in [0.1, 0.15) is 0 Å². The Balaban J connectivity index is 2.24. The average Bonchev–Trinajstić information content (AvgIpc) is 2.49. The van der Waals surface area contributed by atoms with Crippen LogP contribution in [-0.2, 0) is 11.3 Å². The van der Waals surface area contributed by atoms with Gasteiger partial charge in [0.2, 0.25) is 0 Å². The van der Waals surface area contributed by atoms with Gasteiger partial charge in [-0.2, -0.15) is 0 Å². The molecule has 0 spiro atoms. The highest BCUT2D eigenvalue weighted by Crippen LogP contribution is 2.19. The predicted octanol–water partition coefficient (Wildman–Crippen LogP) is 1.77. The van der Waals surface area contributed by atoms with Crippen molar-refractivity contribution in [2.45, 2.75) is 6.61 Å². The average molecular weight is 272 g/mol. The summed E-state index contributed by atoms with van der Waals surface area (Å²) < 4.78 is 5.11. The number of nitrogen functional groups attached to an aromatic ring is 1. The van der Waals surface area contributed by atoms with Crippen LogP contribution in [0, 0.1) is 0 Å². The lowest BCUT2D eigenvalue weighted by Crippen LogP contribution is -2.18. The van der Waals surface area contributed by atoms with Crippen LogP contribution in [0.3, 0.4) is 0 Å². The Labute approximate surface area is 116 Å². The molecule has 1 amide bonds. The van der Waals surface area contributed by atoms with Gasteiger partial charge in [0.15, 0.2) is 0 Å². The van der Waals surface area contributed by atoms with Crippen LogP contribution in [0.2, 0.25) is 0 Å². The first-order valence-electron chi connectivity index (χ1n) is 6.05. The number of hydrogen-bond acceptors (Lipinski definition) is 5. The van der Waals surface area contributed by atoms with Gasteiger partial charge in [-0.1, -0.05) is 18.2 Å². The fourth-order valence-electron chi connectivity index (χ4n) is 1.82. The molecule has 2 rings (SSSR count). The van der Waals surface area contributed by atoms with Crippen molar-refractivity contribution in [1.29, 1.82) is 0 Å². The van der Waals surface area contributed by atoms with E-state index in [1.165, 1.54) is 12.4 Å². The van der Waals surface area contributed by atoms with Crippen molar-refractivity contribution in [3.8, 4) is 0 Å². The molecule has 1 aromatic heterocycles. The van der Waals surface area contributed by atoms with E-state index in [1.54, 1.807) is 13.2 Å². The van der Waals surface area contributed by atoms with Gasteiger partial charge in [0.25, 0.3) is 5.91 Å². The minimum atomic E-state index is -0.260. The number of benzene rings is 1. The van der Waals surface area contributed by atoms with Gasteiger partial charge in [-0.05, 0) is 12.1 Å². The predicted molar refractivity (Wildman–Crippen MR) is 77.2 cm³/mol. The first-order chi connectivity index (χ1) is 9.76. The van der Waals surface area contributed by atoms with Crippen LogP contribution in [0.4, 0.5) is 11.4 Å². The molecule has 0 aliphatic heterocycles. The second-order valence-electron chi connectivity index (χ2n) is 4.11. The molecule has 0 atom stereocenters. The Morgan fingerprint density at radius 3 is 2.85 bits per heavy atom. The van der Waals surface area contributed by atoms with E-state index in [2.05, 4.69) is 15.7 Å². The van der Waals surface area contributed by atoms with Crippen molar-refractivity contribution in [3.63, 3.8) is 0 Å². The van der Waals surface area contributed by atoms with Crippen molar-refractivity contribution in [1.82, 2.24) is 4.98 Å². The molecule has 6 nitrogen and oxygen atoms in total. The van der Waals surface area contributed by atoms with Gasteiger partial charge in [-0.15, -0.1) is 0 Å². The minimum Gasteiger partial charge on any atom is -0.380 e. The molecule has 0 aliphatic rings. The maximum absolute atomic E-state index is 12.3. The van der Waals surface area contributed by atoms with E-state index < -0.39 is 0 Å². The summed E-state index contributed by atoms with van der Waals surface area (Å²) >= 11 is 0. The van der Waals surface area contributed by atoms with Gasteiger partial charge < -0.3 is 15.5 Å². The molecule has 0 bridgehead atoms. The normalized spacial score (nSPS) is 10.1. The molecule has 2 aromatic rings. The summed E-state index contributed by atoms with van der Waals surface area (Å²) in [7, 11) is 1.61. The van der Waals surface area contributed by atoms with Crippen LogP contribution >= 0.6 is 0 Å². The number of carbonyl (C=O) groups is 1. The van der Waals surface area contributed by atoms with Gasteiger partial charge in [-0.3, -0.25) is 15.6 Å². The van der Waals surface area contributed by atoms with Crippen LogP contribution in [0.15, 0.2) is 42.7 Å². The number of amides is 1. The first-order valence-corrected chi connectivity index (χ1v) is 6.05. The third-order valence-electron chi connectivity index (χ3n) is 2.79. The van der Waals surface area contributed by atoms with Crippen LogP contribution < -0.4 is 16.6 Å². The van der Waals surface area contributed by atoms with E-state index in [0.717, 1.165) is 5.56 Å². The van der Waals surface area contributed by atoms with Crippen molar-refractivity contribution in [2.75, 3.05) is 17.9 Å². The fourth-order valence-corrected chi connectivity index (χ4v) is 1.82. The number of anilines is 2. The van der Waals surface area contributed by atoms with Crippen LogP contribution in [0.1, 0.15) is 15.9 Å². The van der Waals surface area contributed by atoms with E-state index in [4.69, 9.17) is 10.6 Å². The molecule has 20 heavy (non-hydrogen) atoms. The number of nitrogens with one attached hydrogen (secondary N) is 2. The van der Waals surface area contributed by atoms with Crippen LogP contribution in [-0.4, -0.2) is 18.0 Å². The summed E-state index contributed by atoms with van der Waals surface area (Å²) in [6.45, 7) is 0.425. The highest BCUT2D eigenvalue weighted by Gasteiger charge is 2.12. The largest absolute Gasteiger partial charge is 0.380 e. The lowest BCUT2D eigenvalue weighted by molar-refractivity contribution is 0.102. The van der Waals surface area contributed by atoms with Crippen molar-refractivity contribution >= 4 is 17.3 Å². The maximum atomic E-state index is 12.3. The number of rotatable bonds is 5. The van der Waals surface area contributed by atoms with Gasteiger partial charge in [0.05, 0.1) is 24.1 Å². The van der Waals surface area contributed by atoms with E-state index in [0.29, 0.717) is 23.5 Å². The summed E-state index contributed by atoms with van der Waals surface area (Å²) in [6.07, 6.45) is 3.03. The second kappa shape index (κ2) is 6.65. The van der Waals surface area contributed by atoms with Gasteiger partial charge in [0, 0.05) is 24.6 Å². The topological polar surface area (TPSA) is 89.3 Å². The van der Waals surface area contributed by atoms with Crippen LogP contribution in [0.25, 0.3) is 0 Å². The van der Waals surface area contributed by atoms with E-state index in [9.17, 15) is 4.79 Å². The van der Waals surface area contributed by atoms with E-state index >= 15 is 0 Å². The maximum Gasteiger partial charge on any atom is 0.257 e. The molecule has 1 aromatic carbocycles. The zero-order valence-electron chi connectivity index (χ0n) is 11.1. The summed E-state index contributed by atoms with van der Waals surface area (Å²) in [6, 6.07) is 9.06. The molecule has 4 N–H and O–H groups in total. The molecule has 0 aliphatic carbocycles. The summed E-state index contributed by atoms with van der Waals surface area (Å²) in [4.78, 5) is 16.2. The monoisotopic (exact) mass is 272 g/mol. The lowest BCUT2D eigenvalue weighted by Gasteiger charge is -2.12. The smallest absolute Gasteiger partial charge is 0.257 e. The van der Waals surface area contributed by atoms with Crippen molar-refractivity contribution in [2.24, 2.45) is 5.84 Å². The second-order valence-corrected chi connectivity index (χ2v) is 4.11. The molecule has 0 radical (unpaired) electrons. The highest BCUT2D eigenvalue weighted by molar-refractivity contribution is 6.08. The molecule has 1 heterocycles. The molecule has 6 heteroatoms. The molecule has 0 saturated carbocycles. The number of aromatic nitrogens is 1. The molecule has 0 saturated heterocycles. The molecular weight excluding hydrogens is 256 g/mol. The molecule has 0 unspecified atom stereocenters. The Kier molecular flexibility index (Phi) is 4.65. The number of nitrogens with zero attached hydrogens (tertiary/aromatic N) is 1. The number of nitrogens with two attached hydrogens (primary N) is 1. The number of methoxy groups -OCH3 is 1. The number of pyridine rings is 1. The summed E-state index contributed by atoms with van der Waals surface area (Å²) in [5, 5.41) is 2.84. The zero-order valence-corrected chi connectivity index (χ0v) is 11.1. The number of carbonyl (C=O) groups excluding carboxylic acids is 1. The Hall–Kier alpha value is -2.44. The lowest BCUT2D eigenvalue weighted by atomic mass is 10.1. The Bertz CT molecular complexity index is 601. The number of para-hydroxylation sites is 1. The third kappa shape index (κ3) is 3.11. The fraction of sp³-hybridized carbons (Fsp3) is 0.143. The zero-order chi connectivity index (χ0) is 14.4. The number of hydrogen-bond donors (Lipinski definition) is 3. The third-order valence-corrected chi connectivity index (χ3v) is 2.79. The molecule has 104 valence electrons.